The van der Waals surface area contributed by atoms with Gasteiger partial charge in [-0.25, -0.2) is 0 Å². The van der Waals surface area contributed by atoms with Gasteiger partial charge in [-0.1, -0.05) is 20.8 Å². The maximum Gasteiger partial charge on any atom is 0.123 e. The lowest BCUT2D eigenvalue weighted by molar-refractivity contribution is 0.340. The normalized spacial score (nSPS) is 12.0. The van der Waals surface area contributed by atoms with E-state index >= 15 is 0 Å². The van der Waals surface area contributed by atoms with Gasteiger partial charge in [-0.3, -0.25) is 4.68 Å². The predicted octanol–water partition coefficient (Wildman–Crippen LogP) is 2.92. The Hall–Kier alpha value is -0.0600. The maximum absolute atomic E-state index is 4.32. The van der Waals surface area contributed by atoms with E-state index in [1.165, 1.54) is 6.42 Å². The summed E-state index contributed by atoms with van der Waals surface area (Å²) in [6, 6.07) is 2.03. The smallest absolute Gasteiger partial charge is 0.123 e. The van der Waals surface area contributed by atoms with Gasteiger partial charge in [0.05, 0.1) is 0 Å². The number of hydrogen-bond acceptors (Lipinski definition) is 1. The van der Waals surface area contributed by atoms with E-state index in [-0.39, 0.29) is 0 Å². The third-order valence-corrected chi connectivity index (χ3v) is 2.27. The number of aromatic nitrogens is 2. The van der Waals surface area contributed by atoms with Crippen molar-refractivity contribution in [2.24, 2.45) is 5.41 Å². The van der Waals surface area contributed by atoms with Crippen LogP contribution < -0.4 is 0 Å². The molecule has 0 aliphatic heterocycles. The van der Waals surface area contributed by atoms with Crippen molar-refractivity contribution in [3.63, 3.8) is 0 Å². The number of rotatable bonds is 2. The second-order valence-corrected chi connectivity index (χ2v) is 5.32. The van der Waals surface area contributed by atoms with E-state index in [0.29, 0.717) is 5.41 Å². The van der Waals surface area contributed by atoms with Crippen molar-refractivity contribution in [3.05, 3.63) is 16.0 Å². The molecule has 0 saturated heterocycles. The van der Waals surface area contributed by atoms with Gasteiger partial charge in [0.2, 0.25) is 0 Å². The Morgan fingerprint density at radius 2 is 2.17 bits per heavy atom. The van der Waals surface area contributed by atoms with E-state index in [2.05, 4.69) is 48.5 Å². The minimum Gasteiger partial charge on any atom is -0.272 e. The van der Waals surface area contributed by atoms with E-state index in [0.717, 1.165) is 10.2 Å². The quantitative estimate of drug-likeness (QED) is 0.760. The molecule has 0 atom stereocenters. The maximum atomic E-state index is 4.32. The SMILES string of the molecule is CC(C)(C)CCn1ccc(I)n1. The molecule has 0 N–H and O–H groups in total. The first-order valence-corrected chi connectivity index (χ1v) is 5.24. The molecular formula is C9H15IN2. The molecule has 1 heterocycles. The fraction of sp³-hybridized carbons (Fsp3) is 0.667. The summed E-state index contributed by atoms with van der Waals surface area (Å²) in [5, 5.41) is 4.32. The third kappa shape index (κ3) is 3.56. The van der Waals surface area contributed by atoms with E-state index in [1.54, 1.807) is 0 Å². The molecule has 0 amide bonds. The van der Waals surface area contributed by atoms with Crippen LogP contribution in [-0.4, -0.2) is 9.78 Å². The highest BCUT2D eigenvalue weighted by molar-refractivity contribution is 14.1. The van der Waals surface area contributed by atoms with Crippen molar-refractivity contribution < 1.29 is 0 Å². The standard InChI is InChI=1S/C9H15IN2/c1-9(2,3)5-7-12-6-4-8(10)11-12/h4,6H,5,7H2,1-3H3. The zero-order valence-corrected chi connectivity index (χ0v) is 10.00. The molecule has 0 aliphatic carbocycles. The van der Waals surface area contributed by atoms with E-state index in [4.69, 9.17) is 0 Å². The molecule has 0 saturated carbocycles. The first kappa shape index (κ1) is 10.0. The molecule has 1 rings (SSSR count). The first-order valence-electron chi connectivity index (χ1n) is 4.16. The molecule has 1 aromatic heterocycles. The summed E-state index contributed by atoms with van der Waals surface area (Å²) in [4.78, 5) is 0. The van der Waals surface area contributed by atoms with Crippen molar-refractivity contribution in [3.8, 4) is 0 Å². The Labute approximate surface area is 87.5 Å². The number of aryl methyl sites for hydroxylation is 1. The minimum absolute atomic E-state index is 0.400. The van der Waals surface area contributed by atoms with Crippen LogP contribution in [0, 0.1) is 9.12 Å². The zero-order chi connectivity index (χ0) is 9.19. The summed E-state index contributed by atoms with van der Waals surface area (Å²) in [5.74, 6) is 0. The summed E-state index contributed by atoms with van der Waals surface area (Å²) in [7, 11) is 0. The topological polar surface area (TPSA) is 17.8 Å². The summed E-state index contributed by atoms with van der Waals surface area (Å²) in [5.41, 5.74) is 0.400. The molecule has 0 radical (unpaired) electrons. The number of hydrogen-bond donors (Lipinski definition) is 0. The molecule has 0 unspecified atom stereocenters. The molecule has 1 aromatic rings. The monoisotopic (exact) mass is 278 g/mol. The van der Waals surface area contributed by atoms with Gasteiger partial charge in [0, 0.05) is 12.7 Å². The Kier molecular flexibility index (Phi) is 3.15. The Bertz CT molecular complexity index is 247. The summed E-state index contributed by atoms with van der Waals surface area (Å²) >= 11 is 2.23. The highest BCUT2D eigenvalue weighted by Crippen LogP contribution is 2.19. The lowest BCUT2D eigenvalue weighted by atomic mass is 9.92. The first-order chi connectivity index (χ1) is 5.47. The van der Waals surface area contributed by atoms with E-state index < -0.39 is 0 Å². The summed E-state index contributed by atoms with van der Waals surface area (Å²) in [6.07, 6.45) is 3.21. The van der Waals surface area contributed by atoms with Gasteiger partial charge in [-0.2, -0.15) is 5.10 Å². The van der Waals surface area contributed by atoms with Gasteiger partial charge in [-0.15, -0.1) is 0 Å². The second kappa shape index (κ2) is 3.77. The second-order valence-electron chi connectivity index (χ2n) is 4.21. The van der Waals surface area contributed by atoms with Crippen LogP contribution in [0.4, 0.5) is 0 Å². The van der Waals surface area contributed by atoms with Crippen LogP contribution in [0.25, 0.3) is 0 Å². The van der Waals surface area contributed by atoms with Crippen LogP contribution in [0.2, 0.25) is 0 Å². The molecule has 0 bridgehead atoms. The third-order valence-electron chi connectivity index (χ3n) is 1.70. The minimum atomic E-state index is 0.400. The van der Waals surface area contributed by atoms with Crippen LogP contribution in [0.1, 0.15) is 27.2 Å². The van der Waals surface area contributed by atoms with Crippen molar-refractivity contribution in [1.29, 1.82) is 0 Å². The van der Waals surface area contributed by atoms with Crippen molar-refractivity contribution >= 4 is 22.6 Å². The van der Waals surface area contributed by atoms with Gasteiger partial charge in [0.25, 0.3) is 0 Å². The average molecular weight is 278 g/mol. The molecule has 3 heteroatoms. The van der Waals surface area contributed by atoms with Crippen molar-refractivity contribution in [2.45, 2.75) is 33.7 Å². The molecule has 0 aromatic carbocycles. The fourth-order valence-corrected chi connectivity index (χ4v) is 1.35. The Balaban J connectivity index is 2.44. The van der Waals surface area contributed by atoms with Crippen LogP contribution in [0.15, 0.2) is 12.3 Å². The molecule has 0 fully saturated rings. The highest BCUT2D eigenvalue weighted by Gasteiger charge is 2.09. The molecular weight excluding hydrogens is 263 g/mol. The zero-order valence-electron chi connectivity index (χ0n) is 7.84. The number of nitrogens with zero attached hydrogens (tertiary/aromatic N) is 2. The molecule has 0 spiro atoms. The van der Waals surface area contributed by atoms with Crippen LogP contribution in [0.3, 0.4) is 0 Å². The largest absolute Gasteiger partial charge is 0.272 e. The lowest BCUT2D eigenvalue weighted by Crippen LogP contribution is -2.10. The average Bonchev–Trinajstić information content (AvgIpc) is 2.30. The van der Waals surface area contributed by atoms with Gasteiger partial charge in [0.1, 0.15) is 3.70 Å². The van der Waals surface area contributed by atoms with Gasteiger partial charge < -0.3 is 0 Å². The molecule has 0 aliphatic rings. The van der Waals surface area contributed by atoms with Crippen molar-refractivity contribution in [1.82, 2.24) is 9.78 Å². The van der Waals surface area contributed by atoms with Gasteiger partial charge >= 0.3 is 0 Å². The fourth-order valence-electron chi connectivity index (χ4n) is 0.911. The molecule has 12 heavy (non-hydrogen) atoms. The Morgan fingerprint density at radius 3 is 2.58 bits per heavy atom. The number of halogens is 1. The van der Waals surface area contributed by atoms with Crippen LogP contribution in [0.5, 0.6) is 0 Å². The predicted molar refractivity (Wildman–Crippen MR) is 59.0 cm³/mol. The van der Waals surface area contributed by atoms with Crippen LogP contribution >= 0.6 is 22.6 Å². The van der Waals surface area contributed by atoms with E-state index in [1.807, 2.05) is 16.9 Å². The lowest BCUT2D eigenvalue weighted by Gasteiger charge is -2.17. The highest BCUT2D eigenvalue weighted by atomic mass is 127. The van der Waals surface area contributed by atoms with Crippen molar-refractivity contribution in [2.75, 3.05) is 0 Å². The summed E-state index contributed by atoms with van der Waals surface area (Å²) < 4.78 is 3.08. The van der Waals surface area contributed by atoms with Gasteiger partial charge in [0.15, 0.2) is 0 Å². The van der Waals surface area contributed by atoms with Gasteiger partial charge in [-0.05, 0) is 40.5 Å². The van der Waals surface area contributed by atoms with E-state index in [9.17, 15) is 0 Å². The van der Waals surface area contributed by atoms with Crippen LogP contribution in [-0.2, 0) is 6.54 Å². The molecule has 2 nitrogen and oxygen atoms in total. The molecule has 68 valence electrons. The summed E-state index contributed by atoms with van der Waals surface area (Å²) in [6.45, 7) is 7.77. The Morgan fingerprint density at radius 1 is 1.50 bits per heavy atom.